The van der Waals surface area contributed by atoms with E-state index in [1.54, 1.807) is 0 Å². The molecule has 17 heavy (non-hydrogen) atoms. The second-order valence-electron chi connectivity index (χ2n) is 4.28. The van der Waals surface area contributed by atoms with Gasteiger partial charge in [0.1, 0.15) is 11.6 Å². The summed E-state index contributed by atoms with van der Waals surface area (Å²) in [6.45, 7) is 9.55. The molecule has 96 valence electrons. The molecule has 0 fully saturated rings. The van der Waals surface area contributed by atoms with Gasteiger partial charge in [-0.05, 0) is 42.4 Å². The second kappa shape index (κ2) is 7.13. The summed E-state index contributed by atoms with van der Waals surface area (Å²) in [6, 6.07) is 0. The van der Waals surface area contributed by atoms with Gasteiger partial charge in [-0.1, -0.05) is 27.2 Å². The molecule has 1 atom stereocenters. The van der Waals surface area contributed by atoms with Crippen molar-refractivity contribution in [2.24, 2.45) is 0 Å². The Balaban J connectivity index is 3.15. The van der Waals surface area contributed by atoms with Gasteiger partial charge in [0, 0.05) is 12.5 Å². The van der Waals surface area contributed by atoms with Crippen LogP contribution < -0.4 is 5.32 Å². The normalized spacial score (nSPS) is 12.5. The Labute approximate surface area is 118 Å². The van der Waals surface area contributed by atoms with E-state index in [0.717, 1.165) is 37.4 Å². The Morgan fingerprint density at radius 3 is 2.47 bits per heavy atom. The van der Waals surface area contributed by atoms with Crippen LogP contribution in [0, 0.1) is 3.57 Å². The number of nitrogens with one attached hydrogen (secondary N) is 1. The van der Waals surface area contributed by atoms with Gasteiger partial charge in [0.15, 0.2) is 0 Å². The van der Waals surface area contributed by atoms with Crippen molar-refractivity contribution in [3.63, 3.8) is 0 Å². The maximum atomic E-state index is 4.72. The van der Waals surface area contributed by atoms with Gasteiger partial charge in [-0.3, -0.25) is 0 Å². The van der Waals surface area contributed by atoms with E-state index in [9.17, 15) is 0 Å². The molecule has 0 bridgehead atoms. The summed E-state index contributed by atoms with van der Waals surface area (Å²) in [5.41, 5.74) is 1.19. The lowest BCUT2D eigenvalue weighted by molar-refractivity contribution is 0.667. The SMILES string of the molecule is CCCc1nc(C(C)CC)nc(NCC)c1I. The van der Waals surface area contributed by atoms with Crippen LogP contribution in [-0.4, -0.2) is 16.5 Å². The standard InChI is InChI=1S/C13H22IN3/c1-5-8-10-11(14)13(15-7-3)17-12(16-10)9(4)6-2/h9H,5-8H2,1-4H3,(H,15,16,17). The van der Waals surface area contributed by atoms with E-state index in [1.165, 1.54) is 9.26 Å². The highest BCUT2D eigenvalue weighted by Gasteiger charge is 2.14. The highest BCUT2D eigenvalue weighted by Crippen LogP contribution is 2.24. The molecular formula is C13H22IN3. The third-order valence-electron chi connectivity index (χ3n) is 2.82. The van der Waals surface area contributed by atoms with Gasteiger partial charge < -0.3 is 5.32 Å². The topological polar surface area (TPSA) is 37.8 Å². The Kier molecular flexibility index (Phi) is 6.16. The van der Waals surface area contributed by atoms with Gasteiger partial charge in [-0.15, -0.1) is 0 Å². The van der Waals surface area contributed by atoms with Crippen molar-refractivity contribution in [3.8, 4) is 0 Å². The molecule has 0 spiro atoms. The number of aryl methyl sites for hydroxylation is 1. The van der Waals surface area contributed by atoms with Crippen molar-refractivity contribution >= 4 is 28.4 Å². The minimum absolute atomic E-state index is 0.431. The monoisotopic (exact) mass is 347 g/mol. The quantitative estimate of drug-likeness (QED) is 0.791. The van der Waals surface area contributed by atoms with E-state index in [4.69, 9.17) is 4.98 Å². The maximum absolute atomic E-state index is 4.72. The van der Waals surface area contributed by atoms with Crippen LogP contribution in [0.25, 0.3) is 0 Å². The van der Waals surface area contributed by atoms with Gasteiger partial charge in [-0.2, -0.15) is 0 Å². The molecule has 1 unspecified atom stereocenters. The van der Waals surface area contributed by atoms with Crippen molar-refractivity contribution in [1.29, 1.82) is 0 Å². The van der Waals surface area contributed by atoms with Crippen molar-refractivity contribution in [2.45, 2.75) is 52.9 Å². The van der Waals surface area contributed by atoms with Crippen molar-refractivity contribution < 1.29 is 0 Å². The predicted octanol–water partition coefficient (Wildman–Crippen LogP) is 3.98. The van der Waals surface area contributed by atoms with Gasteiger partial charge >= 0.3 is 0 Å². The number of halogens is 1. The zero-order valence-corrected chi connectivity index (χ0v) is 13.3. The van der Waals surface area contributed by atoms with Crippen molar-refractivity contribution in [3.05, 3.63) is 15.1 Å². The lowest BCUT2D eigenvalue weighted by Crippen LogP contribution is -2.11. The maximum Gasteiger partial charge on any atom is 0.143 e. The first-order chi connectivity index (χ1) is 8.13. The minimum atomic E-state index is 0.431. The van der Waals surface area contributed by atoms with E-state index in [0.29, 0.717) is 5.92 Å². The largest absolute Gasteiger partial charge is 0.369 e. The summed E-state index contributed by atoms with van der Waals surface area (Å²) >= 11 is 2.35. The molecular weight excluding hydrogens is 325 g/mol. The molecule has 0 saturated carbocycles. The zero-order valence-electron chi connectivity index (χ0n) is 11.2. The van der Waals surface area contributed by atoms with Crippen LogP contribution in [0.3, 0.4) is 0 Å². The third-order valence-corrected chi connectivity index (χ3v) is 3.95. The second-order valence-corrected chi connectivity index (χ2v) is 5.36. The molecule has 1 aromatic heterocycles. The van der Waals surface area contributed by atoms with Gasteiger partial charge in [0.05, 0.1) is 9.26 Å². The fourth-order valence-electron chi connectivity index (χ4n) is 1.60. The highest BCUT2D eigenvalue weighted by atomic mass is 127. The molecule has 0 aliphatic rings. The highest BCUT2D eigenvalue weighted by molar-refractivity contribution is 14.1. The van der Waals surface area contributed by atoms with Gasteiger partial charge in [0.2, 0.25) is 0 Å². The van der Waals surface area contributed by atoms with Crippen LogP contribution in [0.5, 0.6) is 0 Å². The van der Waals surface area contributed by atoms with Gasteiger partial charge in [0.25, 0.3) is 0 Å². The Morgan fingerprint density at radius 2 is 1.94 bits per heavy atom. The van der Waals surface area contributed by atoms with Crippen LogP contribution >= 0.6 is 22.6 Å². The average Bonchev–Trinajstić information content (AvgIpc) is 2.33. The minimum Gasteiger partial charge on any atom is -0.369 e. The number of aromatic nitrogens is 2. The summed E-state index contributed by atoms with van der Waals surface area (Å²) < 4.78 is 1.18. The molecule has 0 amide bonds. The number of hydrogen-bond donors (Lipinski definition) is 1. The first-order valence-corrected chi connectivity index (χ1v) is 7.51. The summed E-state index contributed by atoms with van der Waals surface area (Å²) in [5.74, 6) is 2.41. The third kappa shape index (κ3) is 3.79. The molecule has 0 saturated heterocycles. The van der Waals surface area contributed by atoms with Crippen LogP contribution in [0.2, 0.25) is 0 Å². The first kappa shape index (κ1) is 14.7. The van der Waals surface area contributed by atoms with Crippen LogP contribution in [0.1, 0.15) is 58.0 Å². The lowest BCUT2D eigenvalue weighted by Gasteiger charge is -2.14. The molecule has 1 aromatic rings. The van der Waals surface area contributed by atoms with Crippen LogP contribution in [0.4, 0.5) is 5.82 Å². The fourth-order valence-corrected chi connectivity index (χ4v) is 2.30. The van der Waals surface area contributed by atoms with Crippen LogP contribution in [0.15, 0.2) is 0 Å². The number of hydrogen-bond acceptors (Lipinski definition) is 3. The molecule has 1 rings (SSSR count). The number of rotatable bonds is 6. The van der Waals surface area contributed by atoms with E-state index in [2.05, 4.69) is 60.6 Å². The van der Waals surface area contributed by atoms with E-state index in [1.807, 2.05) is 0 Å². The Morgan fingerprint density at radius 1 is 1.24 bits per heavy atom. The summed E-state index contributed by atoms with van der Waals surface area (Å²) in [6.07, 6.45) is 3.23. The fraction of sp³-hybridized carbons (Fsp3) is 0.692. The van der Waals surface area contributed by atoms with Crippen molar-refractivity contribution in [1.82, 2.24) is 9.97 Å². The smallest absolute Gasteiger partial charge is 0.143 e. The van der Waals surface area contributed by atoms with E-state index < -0.39 is 0 Å². The predicted molar refractivity (Wildman–Crippen MR) is 81.6 cm³/mol. The Hall–Kier alpha value is -0.390. The molecule has 0 aliphatic heterocycles. The molecule has 0 aliphatic carbocycles. The van der Waals surface area contributed by atoms with Crippen molar-refractivity contribution in [2.75, 3.05) is 11.9 Å². The van der Waals surface area contributed by atoms with Crippen LogP contribution in [-0.2, 0) is 6.42 Å². The Bertz CT molecular complexity index is 339. The van der Waals surface area contributed by atoms with E-state index >= 15 is 0 Å². The summed E-state index contributed by atoms with van der Waals surface area (Å²) in [7, 11) is 0. The number of anilines is 1. The average molecular weight is 347 g/mol. The zero-order chi connectivity index (χ0) is 12.8. The molecule has 1 heterocycles. The van der Waals surface area contributed by atoms with Gasteiger partial charge in [-0.25, -0.2) is 9.97 Å². The molecule has 0 radical (unpaired) electrons. The molecule has 1 N–H and O–H groups in total. The lowest BCUT2D eigenvalue weighted by atomic mass is 10.1. The first-order valence-electron chi connectivity index (χ1n) is 6.44. The summed E-state index contributed by atoms with van der Waals surface area (Å²) in [4.78, 5) is 9.36. The van der Waals surface area contributed by atoms with E-state index in [-0.39, 0.29) is 0 Å². The molecule has 3 nitrogen and oxygen atoms in total. The molecule has 0 aromatic carbocycles. The summed E-state index contributed by atoms with van der Waals surface area (Å²) in [5, 5.41) is 3.34. The molecule has 4 heteroatoms. The number of nitrogens with zero attached hydrogens (tertiary/aromatic N) is 2.